The van der Waals surface area contributed by atoms with Gasteiger partial charge in [-0.15, -0.1) is 0 Å². The number of aliphatic hydroxyl groups is 4. The maximum atomic E-state index is 10.7. The molecule has 0 saturated carbocycles. The van der Waals surface area contributed by atoms with Gasteiger partial charge in [-0.1, -0.05) is 6.07 Å². The van der Waals surface area contributed by atoms with Crippen LogP contribution in [0.15, 0.2) is 24.3 Å². The Hall–Kier alpha value is -1.78. The standard InChI is InChI=1S/C12H15NO8/c14-5-8-9(15)10(16)11(12(17)21-8)20-7-3-1-2-6(4-7)13(18)19/h1-4,8-12,14-17H,5H2/t8-,9-,10+,11-,12-/m1/s1. The van der Waals surface area contributed by atoms with Gasteiger partial charge in [-0.05, 0) is 6.07 Å². The average molecular weight is 301 g/mol. The molecule has 0 aliphatic carbocycles. The minimum atomic E-state index is -1.60. The molecule has 0 unspecified atom stereocenters. The highest BCUT2D eigenvalue weighted by atomic mass is 16.7. The monoisotopic (exact) mass is 301 g/mol. The Balaban J connectivity index is 2.15. The van der Waals surface area contributed by atoms with Gasteiger partial charge in [0.05, 0.1) is 17.6 Å². The van der Waals surface area contributed by atoms with Crippen molar-refractivity contribution < 1.29 is 34.8 Å². The highest BCUT2D eigenvalue weighted by Gasteiger charge is 2.45. The summed E-state index contributed by atoms with van der Waals surface area (Å²) in [7, 11) is 0. The Morgan fingerprint density at radius 1 is 1.29 bits per heavy atom. The SMILES string of the molecule is O=[N+]([O-])c1cccc(O[C@@H]2[C@@H](O)[C@H](O)[C@@H](CO)O[C@H]2O)c1. The summed E-state index contributed by atoms with van der Waals surface area (Å²) in [6.07, 6.45) is -7.06. The van der Waals surface area contributed by atoms with Crippen molar-refractivity contribution in [2.75, 3.05) is 6.61 Å². The number of aliphatic hydroxyl groups excluding tert-OH is 4. The molecule has 2 rings (SSSR count). The van der Waals surface area contributed by atoms with E-state index in [-0.39, 0.29) is 11.4 Å². The number of non-ortho nitro benzene ring substituents is 1. The lowest BCUT2D eigenvalue weighted by Gasteiger charge is -2.39. The minimum Gasteiger partial charge on any atom is -0.482 e. The fraction of sp³-hybridized carbons (Fsp3) is 0.500. The van der Waals surface area contributed by atoms with Crippen LogP contribution < -0.4 is 4.74 Å². The summed E-state index contributed by atoms with van der Waals surface area (Å²) in [5, 5.41) is 49.0. The van der Waals surface area contributed by atoms with Gasteiger partial charge in [0.2, 0.25) is 0 Å². The van der Waals surface area contributed by atoms with Gasteiger partial charge in [0.15, 0.2) is 12.4 Å². The summed E-state index contributed by atoms with van der Waals surface area (Å²) in [6.45, 7) is -0.585. The lowest BCUT2D eigenvalue weighted by molar-refractivity contribution is -0.385. The first-order chi connectivity index (χ1) is 9.93. The molecule has 4 N–H and O–H groups in total. The molecule has 0 bridgehead atoms. The summed E-state index contributed by atoms with van der Waals surface area (Å²) < 4.78 is 10.2. The van der Waals surface area contributed by atoms with Gasteiger partial charge in [-0.25, -0.2) is 0 Å². The van der Waals surface area contributed by atoms with E-state index >= 15 is 0 Å². The molecular formula is C12H15NO8. The number of nitrogens with zero attached hydrogens (tertiary/aromatic N) is 1. The second kappa shape index (κ2) is 6.33. The van der Waals surface area contributed by atoms with Gasteiger partial charge in [-0.2, -0.15) is 0 Å². The van der Waals surface area contributed by atoms with Crippen LogP contribution in [0.2, 0.25) is 0 Å². The largest absolute Gasteiger partial charge is 0.482 e. The van der Waals surface area contributed by atoms with Crippen molar-refractivity contribution in [3.8, 4) is 5.75 Å². The van der Waals surface area contributed by atoms with E-state index in [0.29, 0.717) is 0 Å². The number of nitro benzene ring substituents is 1. The molecule has 1 heterocycles. The second-order valence-corrected chi connectivity index (χ2v) is 4.57. The van der Waals surface area contributed by atoms with E-state index in [1.54, 1.807) is 0 Å². The molecule has 21 heavy (non-hydrogen) atoms. The van der Waals surface area contributed by atoms with Gasteiger partial charge in [0.1, 0.15) is 24.1 Å². The third-order valence-corrected chi connectivity index (χ3v) is 3.14. The van der Waals surface area contributed by atoms with Crippen LogP contribution in [-0.2, 0) is 4.74 Å². The highest BCUT2D eigenvalue weighted by molar-refractivity contribution is 5.38. The van der Waals surface area contributed by atoms with Crippen LogP contribution in [0.1, 0.15) is 0 Å². The molecular weight excluding hydrogens is 286 g/mol. The number of benzene rings is 1. The first-order valence-corrected chi connectivity index (χ1v) is 6.15. The zero-order chi connectivity index (χ0) is 15.6. The number of rotatable bonds is 4. The zero-order valence-corrected chi connectivity index (χ0v) is 10.8. The molecule has 9 heteroatoms. The predicted octanol–water partition coefficient (Wildman–Crippen LogP) is -1.23. The number of hydrogen-bond donors (Lipinski definition) is 4. The minimum absolute atomic E-state index is 0.0329. The van der Waals surface area contributed by atoms with E-state index < -0.39 is 42.2 Å². The van der Waals surface area contributed by atoms with Crippen molar-refractivity contribution >= 4 is 5.69 Å². The van der Waals surface area contributed by atoms with Crippen LogP contribution in [0.3, 0.4) is 0 Å². The molecule has 1 aliphatic rings. The van der Waals surface area contributed by atoms with Crippen LogP contribution in [-0.4, -0.2) is 62.7 Å². The van der Waals surface area contributed by atoms with Crippen molar-refractivity contribution in [2.45, 2.75) is 30.7 Å². The molecule has 1 aromatic rings. The first kappa shape index (κ1) is 15.6. The third kappa shape index (κ3) is 3.28. The van der Waals surface area contributed by atoms with Gasteiger partial charge < -0.3 is 29.9 Å². The van der Waals surface area contributed by atoms with E-state index in [1.165, 1.54) is 18.2 Å². The quantitative estimate of drug-likeness (QED) is 0.400. The maximum absolute atomic E-state index is 10.7. The van der Waals surface area contributed by atoms with Crippen molar-refractivity contribution in [1.82, 2.24) is 0 Å². The Morgan fingerprint density at radius 2 is 2.00 bits per heavy atom. The molecule has 0 amide bonds. The summed E-state index contributed by atoms with van der Waals surface area (Å²) >= 11 is 0. The maximum Gasteiger partial charge on any atom is 0.273 e. The lowest BCUT2D eigenvalue weighted by Crippen LogP contribution is -2.60. The van der Waals surface area contributed by atoms with Crippen LogP contribution in [0.4, 0.5) is 5.69 Å². The molecule has 5 atom stereocenters. The molecule has 116 valence electrons. The van der Waals surface area contributed by atoms with E-state index in [2.05, 4.69) is 0 Å². The highest BCUT2D eigenvalue weighted by Crippen LogP contribution is 2.26. The number of ether oxygens (including phenoxy) is 2. The van der Waals surface area contributed by atoms with Crippen LogP contribution in [0.5, 0.6) is 5.75 Å². The Labute approximate surface area is 119 Å². The Bertz CT molecular complexity index is 510. The Kier molecular flexibility index (Phi) is 4.70. The van der Waals surface area contributed by atoms with Crippen LogP contribution in [0.25, 0.3) is 0 Å². The van der Waals surface area contributed by atoms with E-state index in [1.807, 2.05) is 0 Å². The topological polar surface area (TPSA) is 143 Å². The fourth-order valence-corrected chi connectivity index (χ4v) is 2.03. The van der Waals surface area contributed by atoms with Crippen molar-refractivity contribution in [1.29, 1.82) is 0 Å². The van der Waals surface area contributed by atoms with Crippen molar-refractivity contribution in [2.24, 2.45) is 0 Å². The number of nitro groups is 1. The second-order valence-electron chi connectivity index (χ2n) is 4.57. The molecule has 1 fully saturated rings. The smallest absolute Gasteiger partial charge is 0.273 e. The zero-order valence-electron chi connectivity index (χ0n) is 10.8. The summed E-state index contributed by atoms with van der Waals surface area (Å²) in [5.74, 6) is 0.0329. The molecule has 1 aliphatic heterocycles. The van der Waals surface area contributed by atoms with E-state index in [9.17, 15) is 25.4 Å². The molecule has 9 nitrogen and oxygen atoms in total. The first-order valence-electron chi connectivity index (χ1n) is 6.15. The van der Waals surface area contributed by atoms with Crippen LogP contribution in [0, 0.1) is 10.1 Å². The Morgan fingerprint density at radius 3 is 2.62 bits per heavy atom. The fourth-order valence-electron chi connectivity index (χ4n) is 2.03. The average Bonchev–Trinajstić information content (AvgIpc) is 2.47. The molecule has 0 spiro atoms. The summed E-state index contributed by atoms with van der Waals surface area (Å²) in [5.41, 5.74) is -0.220. The predicted molar refractivity (Wildman–Crippen MR) is 67.5 cm³/mol. The summed E-state index contributed by atoms with van der Waals surface area (Å²) in [4.78, 5) is 10.0. The van der Waals surface area contributed by atoms with Gasteiger partial charge in [-0.3, -0.25) is 10.1 Å². The van der Waals surface area contributed by atoms with Crippen LogP contribution >= 0.6 is 0 Å². The third-order valence-electron chi connectivity index (χ3n) is 3.14. The van der Waals surface area contributed by atoms with Gasteiger partial charge in [0.25, 0.3) is 5.69 Å². The normalized spacial score (nSPS) is 32.7. The van der Waals surface area contributed by atoms with Crippen molar-refractivity contribution in [3.63, 3.8) is 0 Å². The summed E-state index contributed by atoms with van der Waals surface area (Å²) in [6, 6.07) is 5.15. The lowest BCUT2D eigenvalue weighted by atomic mass is 9.99. The molecule has 1 aromatic carbocycles. The van der Waals surface area contributed by atoms with E-state index in [4.69, 9.17) is 14.6 Å². The molecule has 0 radical (unpaired) electrons. The number of hydrogen-bond acceptors (Lipinski definition) is 8. The van der Waals surface area contributed by atoms with Crippen molar-refractivity contribution in [3.05, 3.63) is 34.4 Å². The van der Waals surface area contributed by atoms with E-state index in [0.717, 1.165) is 6.07 Å². The molecule has 1 saturated heterocycles. The van der Waals surface area contributed by atoms with Gasteiger partial charge in [0, 0.05) is 6.07 Å². The van der Waals surface area contributed by atoms with Gasteiger partial charge >= 0.3 is 0 Å². The molecule has 0 aromatic heterocycles.